The Morgan fingerprint density at radius 1 is 1.00 bits per heavy atom. The van der Waals surface area contributed by atoms with E-state index < -0.39 is 9.84 Å². The number of hydrogen-bond donors (Lipinski definition) is 1. The molecule has 0 unspecified atom stereocenters. The van der Waals surface area contributed by atoms with Crippen molar-refractivity contribution in [3.63, 3.8) is 0 Å². The highest BCUT2D eigenvalue weighted by Crippen LogP contribution is 2.14. The first-order chi connectivity index (χ1) is 11.3. The van der Waals surface area contributed by atoms with E-state index in [0.29, 0.717) is 6.42 Å². The van der Waals surface area contributed by atoms with Gasteiger partial charge in [0.2, 0.25) is 5.91 Å². The first-order valence-corrected chi connectivity index (χ1v) is 9.79. The van der Waals surface area contributed by atoms with Gasteiger partial charge in [-0.05, 0) is 49.1 Å². The fourth-order valence-electron chi connectivity index (χ4n) is 2.62. The van der Waals surface area contributed by atoms with E-state index in [9.17, 15) is 13.2 Å². The molecule has 2 aromatic carbocycles. The molecule has 128 valence electrons. The van der Waals surface area contributed by atoms with Crippen LogP contribution in [-0.4, -0.2) is 20.1 Å². The van der Waals surface area contributed by atoms with E-state index in [2.05, 4.69) is 5.32 Å². The molecule has 0 bridgehead atoms. The van der Waals surface area contributed by atoms with Crippen LogP contribution in [0.15, 0.2) is 48.5 Å². The maximum atomic E-state index is 12.1. The fourth-order valence-corrected chi connectivity index (χ4v) is 4.05. The number of hydrogen-bond acceptors (Lipinski definition) is 3. The Labute approximate surface area is 143 Å². The van der Waals surface area contributed by atoms with E-state index in [0.717, 1.165) is 22.4 Å². The lowest BCUT2D eigenvalue weighted by Crippen LogP contribution is -2.15. The molecular formula is C19H23NO3S. The number of anilines is 1. The van der Waals surface area contributed by atoms with E-state index in [1.165, 1.54) is 0 Å². The second kappa shape index (κ2) is 8.11. The first kappa shape index (κ1) is 18.2. The molecule has 0 spiro atoms. The van der Waals surface area contributed by atoms with Crippen molar-refractivity contribution >= 4 is 21.4 Å². The van der Waals surface area contributed by atoms with Crippen LogP contribution in [0.3, 0.4) is 0 Å². The lowest BCUT2D eigenvalue weighted by molar-refractivity contribution is -0.116. The second-order valence-corrected chi connectivity index (χ2v) is 8.29. The molecule has 0 saturated heterocycles. The Kier molecular flexibility index (Phi) is 6.15. The summed E-state index contributed by atoms with van der Waals surface area (Å²) >= 11 is 0. The molecule has 0 fully saturated rings. The molecule has 0 aliphatic carbocycles. The van der Waals surface area contributed by atoms with Gasteiger partial charge in [-0.25, -0.2) is 8.42 Å². The molecule has 24 heavy (non-hydrogen) atoms. The normalized spacial score (nSPS) is 11.2. The Morgan fingerprint density at radius 2 is 1.62 bits per heavy atom. The number of nitrogens with one attached hydrogen (secondary N) is 1. The van der Waals surface area contributed by atoms with Crippen LogP contribution in [0.5, 0.6) is 0 Å². The molecule has 0 saturated carbocycles. The van der Waals surface area contributed by atoms with Gasteiger partial charge in [-0.2, -0.15) is 0 Å². The van der Waals surface area contributed by atoms with Crippen LogP contribution in [-0.2, 0) is 20.4 Å². The summed E-state index contributed by atoms with van der Waals surface area (Å²) < 4.78 is 24.2. The molecule has 2 rings (SSSR count). The highest BCUT2D eigenvalue weighted by Gasteiger charge is 2.13. The predicted octanol–water partition coefficient (Wildman–Crippen LogP) is 3.64. The number of sulfone groups is 1. The van der Waals surface area contributed by atoms with Gasteiger partial charge in [0.25, 0.3) is 0 Å². The smallest absolute Gasteiger partial charge is 0.224 e. The van der Waals surface area contributed by atoms with E-state index in [4.69, 9.17) is 0 Å². The lowest BCUT2D eigenvalue weighted by Gasteiger charge is -2.08. The summed E-state index contributed by atoms with van der Waals surface area (Å²) in [6, 6.07) is 14.9. The lowest BCUT2D eigenvalue weighted by atomic mass is 10.1. The van der Waals surface area contributed by atoms with Gasteiger partial charge in [0.1, 0.15) is 0 Å². The third-order valence-electron chi connectivity index (χ3n) is 3.59. The van der Waals surface area contributed by atoms with E-state index in [-0.39, 0.29) is 23.8 Å². The highest BCUT2D eigenvalue weighted by molar-refractivity contribution is 7.90. The van der Waals surface area contributed by atoms with Crippen LogP contribution in [0.4, 0.5) is 5.69 Å². The summed E-state index contributed by atoms with van der Waals surface area (Å²) in [6.07, 6.45) is 0.521. The van der Waals surface area contributed by atoms with Crippen LogP contribution < -0.4 is 5.32 Å². The third kappa shape index (κ3) is 6.16. The largest absolute Gasteiger partial charge is 0.326 e. The molecule has 0 aliphatic heterocycles. The number of benzene rings is 2. The average molecular weight is 345 g/mol. The summed E-state index contributed by atoms with van der Waals surface area (Å²) in [6.45, 7) is 3.94. The zero-order valence-electron chi connectivity index (χ0n) is 14.1. The maximum Gasteiger partial charge on any atom is 0.224 e. The van der Waals surface area contributed by atoms with Crippen molar-refractivity contribution in [1.29, 1.82) is 0 Å². The monoisotopic (exact) mass is 345 g/mol. The van der Waals surface area contributed by atoms with Gasteiger partial charge in [-0.3, -0.25) is 4.79 Å². The Balaban J connectivity index is 1.81. The molecule has 0 aromatic heterocycles. The Hall–Kier alpha value is -2.14. The molecule has 0 radical (unpaired) electrons. The SMILES string of the molecule is Cc1cc(C)cc(NC(=O)CCCS(=O)(=O)Cc2ccccc2)c1. The van der Waals surface area contributed by atoms with Gasteiger partial charge >= 0.3 is 0 Å². The topological polar surface area (TPSA) is 63.2 Å². The number of aryl methyl sites for hydroxylation is 2. The van der Waals surface area contributed by atoms with E-state index in [1.807, 2.05) is 50.2 Å². The van der Waals surface area contributed by atoms with E-state index >= 15 is 0 Å². The fraction of sp³-hybridized carbons (Fsp3) is 0.316. The number of rotatable bonds is 7. The van der Waals surface area contributed by atoms with Crippen LogP contribution in [0.25, 0.3) is 0 Å². The van der Waals surface area contributed by atoms with Crippen molar-refractivity contribution in [2.45, 2.75) is 32.4 Å². The minimum Gasteiger partial charge on any atom is -0.326 e. The van der Waals surface area contributed by atoms with Crippen molar-refractivity contribution in [1.82, 2.24) is 0 Å². The van der Waals surface area contributed by atoms with Crippen molar-refractivity contribution in [2.75, 3.05) is 11.1 Å². The summed E-state index contributed by atoms with van der Waals surface area (Å²) in [5, 5.41) is 2.83. The zero-order valence-corrected chi connectivity index (χ0v) is 14.9. The van der Waals surface area contributed by atoms with Crippen LogP contribution in [0, 0.1) is 13.8 Å². The van der Waals surface area contributed by atoms with Crippen molar-refractivity contribution in [3.8, 4) is 0 Å². The summed E-state index contributed by atoms with van der Waals surface area (Å²) in [7, 11) is -3.20. The molecule has 2 aromatic rings. The summed E-state index contributed by atoms with van der Waals surface area (Å²) in [5.41, 5.74) is 3.69. The molecule has 0 heterocycles. The molecular weight excluding hydrogens is 322 g/mol. The Bertz CT molecular complexity index is 778. The second-order valence-electron chi connectivity index (χ2n) is 6.11. The predicted molar refractivity (Wildman–Crippen MR) is 97.7 cm³/mol. The van der Waals surface area contributed by atoms with Gasteiger partial charge in [-0.15, -0.1) is 0 Å². The van der Waals surface area contributed by atoms with Gasteiger partial charge in [0.05, 0.1) is 11.5 Å². The minimum atomic E-state index is -3.20. The van der Waals surface area contributed by atoms with Crippen molar-refractivity contribution < 1.29 is 13.2 Å². The molecule has 5 heteroatoms. The Morgan fingerprint density at radius 3 is 2.25 bits per heavy atom. The third-order valence-corrected chi connectivity index (χ3v) is 5.28. The summed E-state index contributed by atoms with van der Waals surface area (Å²) in [5.74, 6) is -0.121. The molecule has 1 N–H and O–H groups in total. The first-order valence-electron chi connectivity index (χ1n) is 7.96. The maximum absolute atomic E-state index is 12.1. The van der Waals surface area contributed by atoms with Crippen LogP contribution in [0.1, 0.15) is 29.5 Å². The van der Waals surface area contributed by atoms with Gasteiger partial charge in [0, 0.05) is 12.1 Å². The minimum absolute atomic E-state index is 0.0160. The van der Waals surface area contributed by atoms with Gasteiger partial charge in [0.15, 0.2) is 9.84 Å². The number of carbonyl (C=O) groups is 1. The zero-order chi connectivity index (χ0) is 17.6. The van der Waals surface area contributed by atoms with Gasteiger partial charge in [-0.1, -0.05) is 36.4 Å². The quantitative estimate of drug-likeness (QED) is 0.833. The number of amides is 1. The van der Waals surface area contributed by atoms with Crippen LogP contribution in [0.2, 0.25) is 0 Å². The van der Waals surface area contributed by atoms with E-state index in [1.54, 1.807) is 12.1 Å². The average Bonchev–Trinajstić information content (AvgIpc) is 2.46. The number of carbonyl (C=O) groups excluding carboxylic acids is 1. The molecule has 1 amide bonds. The van der Waals surface area contributed by atoms with Crippen molar-refractivity contribution in [3.05, 3.63) is 65.2 Å². The molecule has 0 aliphatic rings. The van der Waals surface area contributed by atoms with Gasteiger partial charge < -0.3 is 5.32 Å². The molecule has 4 nitrogen and oxygen atoms in total. The standard InChI is InChI=1S/C19H23NO3S/c1-15-11-16(2)13-18(12-15)20-19(21)9-6-10-24(22,23)14-17-7-4-3-5-8-17/h3-5,7-8,11-13H,6,9-10,14H2,1-2H3,(H,20,21). The van der Waals surface area contributed by atoms with Crippen molar-refractivity contribution in [2.24, 2.45) is 0 Å². The highest BCUT2D eigenvalue weighted by atomic mass is 32.2. The summed E-state index contributed by atoms with van der Waals surface area (Å²) in [4.78, 5) is 12.0. The molecule has 0 atom stereocenters. The van der Waals surface area contributed by atoms with Crippen LogP contribution >= 0.6 is 0 Å².